The number of aromatic nitrogens is 1. The van der Waals surface area contributed by atoms with Crippen LogP contribution in [0.4, 0.5) is 23.4 Å². The minimum absolute atomic E-state index is 0.00433. The van der Waals surface area contributed by atoms with Crippen LogP contribution in [0.1, 0.15) is 56.8 Å². The van der Waals surface area contributed by atoms with Crippen molar-refractivity contribution >= 4 is 40.8 Å². The molecular formula is C26H28Cl2F4N4O3. The van der Waals surface area contributed by atoms with Gasteiger partial charge in [0.15, 0.2) is 5.60 Å². The average molecular weight is 591 g/mol. The topological polar surface area (TPSA) is 83.6 Å². The summed E-state index contributed by atoms with van der Waals surface area (Å²) in [5.41, 5.74) is -1.31. The summed E-state index contributed by atoms with van der Waals surface area (Å²) >= 11 is 11.8. The van der Waals surface area contributed by atoms with Crippen molar-refractivity contribution in [1.29, 1.82) is 0 Å². The number of amides is 2. The molecule has 2 aliphatic heterocycles. The highest BCUT2D eigenvalue weighted by Crippen LogP contribution is 2.39. The second kappa shape index (κ2) is 11.0. The van der Waals surface area contributed by atoms with Crippen molar-refractivity contribution in [1.82, 2.24) is 15.6 Å². The van der Waals surface area contributed by atoms with E-state index in [0.717, 1.165) is 25.8 Å². The number of rotatable bonds is 7. The molecule has 7 nitrogen and oxygen atoms in total. The average Bonchev–Trinajstić information content (AvgIpc) is 3.11. The lowest BCUT2D eigenvalue weighted by Crippen LogP contribution is -2.55. The normalized spacial score (nSPS) is 21.9. The summed E-state index contributed by atoms with van der Waals surface area (Å²) in [4.78, 5) is 31.8. The number of carbonyl (C=O) groups is 2. The Morgan fingerprint density at radius 2 is 1.74 bits per heavy atom. The first-order valence-corrected chi connectivity index (χ1v) is 13.2. The molecule has 0 aliphatic carbocycles. The third-order valence-corrected chi connectivity index (χ3v) is 7.65. The van der Waals surface area contributed by atoms with Gasteiger partial charge in [-0.3, -0.25) is 9.59 Å². The molecule has 2 saturated heterocycles. The molecule has 212 valence electrons. The van der Waals surface area contributed by atoms with Crippen LogP contribution in [-0.2, 0) is 4.79 Å². The third-order valence-electron chi connectivity index (χ3n) is 7.07. The smallest absolute Gasteiger partial charge is 0.408 e. The molecule has 0 radical (unpaired) electrons. The Bertz CT molecular complexity index is 1230. The lowest BCUT2D eigenvalue weighted by Gasteiger charge is -2.40. The lowest BCUT2D eigenvalue weighted by atomic mass is 9.96. The largest absolute Gasteiger partial charge is 0.476 e. The number of piperidine rings is 1. The number of fused-ring (bicyclic) bond motifs is 2. The van der Waals surface area contributed by atoms with Gasteiger partial charge in [0.2, 0.25) is 0 Å². The lowest BCUT2D eigenvalue weighted by molar-refractivity contribution is -0.149. The molecule has 1 aromatic heterocycles. The number of hydrogen-bond acceptors (Lipinski definition) is 5. The summed E-state index contributed by atoms with van der Waals surface area (Å²) in [5, 5.41) is 4.89. The Labute approximate surface area is 233 Å². The highest BCUT2D eigenvalue weighted by Gasteiger charge is 2.43. The Morgan fingerprint density at radius 1 is 1.10 bits per heavy atom. The maximum atomic E-state index is 13.9. The van der Waals surface area contributed by atoms with E-state index in [0.29, 0.717) is 18.7 Å². The van der Waals surface area contributed by atoms with Crippen LogP contribution >= 0.6 is 23.2 Å². The molecule has 4 rings (SSSR count). The highest BCUT2D eigenvalue weighted by atomic mass is 35.5. The van der Waals surface area contributed by atoms with Gasteiger partial charge in [0.25, 0.3) is 11.8 Å². The summed E-state index contributed by atoms with van der Waals surface area (Å²) in [7, 11) is 0. The Balaban J connectivity index is 1.37. The molecule has 39 heavy (non-hydrogen) atoms. The van der Waals surface area contributed by atoms with Gasteiger partial charge < -0.3 is 20.3 Å². The van der Waals surface area contributed by atoms with E-state index in [-0.39, 0.29) is 45.4 Å². The van der Waals surface area contributed by atoms with E-state index >= 15 is 0 Å². The van der Waals surface area contributed by atoms with Crippen molar-refractivity contribution in [2.24, 2.45) is 0 Å². The van der Waals surface area contributed by atoms with Crippen LogP contribution in [0.5, 0.6) is 5.75 Å². The molecule has 2 unspecified atom stereocenters. The second-order valence-electron chi connectivity index (χ2n) is 10.4. The zero-order chi connectivity index (χ0) is 28.7. The highest BCUT2D eigenvalue weighted by molar-refractivity contribution is 6.35. The predicted octanol–water partition coefficient (Wildman–Crippen LogP) is 5.68. The van der Waals surface area contributed by atoms with Gasteiger partial charge in [-0.25, -0.2) is 9.37 Å². The number of alkyl halides is 3. The van der Waals surface area contributed by atoms with Crippen LogP contribution < -0.4 is 20.3 Å². The van der Waals surface area contributed by atoms with Gasteiger partial charge in [0.05, 0.1) is 15.6 Å². The van der Waals surface area contributed by atoms with E-state index in [1.54, 1.807) is 19.9 Å². The van der Waals surface area contributed by atoms with Gasteiger partial charge in [-0.2, -0.15) is 13.2 Å². The van der Waals surface area contributed by atoms with Crippen LogP contribution in [-0.4, -0.2) is 52.7 Å². The minimum Gasteiger partial charge on any atom is -0.476 e. The van der Waals surface area contributed by atoms with Crippen LogP contribution in [0.2, 0.25) is 10.0 Å². The van der Waals surface area contributed by atoms with Crippen LogP contribution in [0.25, 0.3) is 0 Å². The maximum Gasteiger partial charge on any atom is 0.408 e. The number of nitrogens with one attached hydrogen (secondary N) is 2. The van der Waals surface area contributed by atoms with E-state index < -0.39 is 29.5 Å². The predicted molar refractivity (Wildman–Crippen MR) is 139 cm³/mol. The Kier molecular flexibility index (Phi) is 8.23. The zero-order valence-corrected chi connectivity index (χ0v) is 22.9. The van der Waals surface area contributed by atoms with Crippen molar-refractivity contribution < 1.29 is 31.9 Å². The number of carbonyl (C=O) groups excluding carboxylic acids is 2. The van der Waals surface area contributed by atoms with Crippen molar-refractivity contribution in [3.63, 3.8) is 0 Å². The second-order valence-corrected chi connectivity index (χ2v) is 11.2. The standard InChI is InChI=1S/C26H28Cl2F4N4O3/c1-13(26(30,31)32)34-23(37)14-4-7-22(33-12-14)36-16-5-6-17(36)9-15(8-16)35-24(38)25(2,3)39-21-11-20(29)18(27)10-19(21)28/h4,7,10-13,15-17H,5-6,8-9H2,1-3H3,(H,34,37)(H,35,38)/t13-,15?,16?,17?/m1/s1. The molecule has 2 fully saturated rings. The molecule has 1 aromatic carbocycles. The number of nitrogens with zero attached hydrogens (tertiary/aromatic N) is 2. The summed E-state index contributed by atoms with van der Waals surface area (Å²) in [6.45, 7) is 4.00. The molecule has 2 N–H and O–H groups in total. The Morgan fingerprint density at radius 3 is 2.31 bits per heavy atom. The van der Waals surface area contributed by atoms with Crippen LogP contribution in [0, 0.1) is 5.82 Å². The molecule has 0 saturated carbocycles. The number of anilines is 1. The van der Waals surface area contributed by atoms with Gasteiger partial charge in [0.1, 0.15) is 23.4 Å². The maximum absolute atomic E-state index is 13.9. The number of halogens is 6. The van der Waals surface area contributed by atoms with Gasteiger partial charge in [-0.1, -0.05) is 23.2 Å². The van der Waals surface area contributed by atoms with E-state index in [4.69, 9.17) is 27.9 Å². The summed E-state index contributed by atoms with van der Waals surface area (Å²) in [6, 6.07) is 3.38. The third kappa shape index (κ3) is 6.51. The molecule has 0 spiro atoms. The molecule has 2 aliphatic rings. The monoisotopic (exact) mass is 590 g/mol. The van der Waals surface area contributed by atoms with Gasteiger partial charge in [-0.15, -0.1) is 0 Å². The van der Waals surface area contributed by atoms with Crippen LogP contribution in [0.15, 0.2) is 30.5 Å². The van der Waals surface area contributed by atoms with Crippen molar-refractivity contribution in [2.45, 2.75) is 82.4 Å². The summed E-state index contributed by atoms with van der Waals surface area (Å²) in [5.74, 6) is -1.32. The fourth-order valence-corrected chi connectivity index (χ4v) is 5.39. The first-order chi connectivity index (χ1) is 18.2. The first-order valence-electron chi connectivity index (χ1n) is 12.4. The molecule has 13 heteroatoms. The molecular weight excluding hydrogens is 563 g/mol. The fraction of sp³-hybridized carbons (Fsp3) is 0.500. The van der Waals surface area contributed by atoms with Gasteiger partial charge in [0, 0.05) is 30.4 Å². The Hall–Kier alpha value is -2.79. The quantitative estimate of drug-likeness (QED) is 0.320. The van der Waals surface area contributed by atoms with E-state index in [2.05, 4.69) is 15.2 Å². The summed E-state index contributed by atoms with van der Waals surface area (Å²) < 4.78 is 57.9. The van der Waals surface area contributed by atoms with Gasteiger partial charge in [-0.05, 0) is 64.7 Å². The molecule has 2 aromatic rings. The molecule has 3 heterocycles. The number of pyridine rings is 1. The molecule has 2 amide bonds. The number of hydrogen-bond donors (Lipinski definition) is 2. The SMILES string of the molecule is C[C@@H](NC(=O)c1ccc(N2C3CCC2CC(NC(=O)C(C)(C)Oc2cc(F)c(Cl)cc2Cl)C3)nc1)C(F)(F)F. The molecule has 3 atom stereocenters. The molecule has 2 bridgehead atoms. The summed E-state index contributed by atoms with van der Waals surface area (Å²) in [6.07, 6.45) is -0.230. The van der Waals surface area contributed by atoms with E-state index in [1.807, 2.05) is 5.32 Å². The van der Waals surface area contributed by atoms with Crippen molar-refractivity contribution in [2.75, 3.05) is 4.90 Å². The van der Waals surface area contributed by atoms with Crippen molar-refractivity contribution in [3.8, 4) is 5.75 Å². The number of benzene rings is 1. The fourth-order valence-electron chi connectivity index (χ4n) is 4.97. The van der Waals surface area contributed by atoms with E-state index in [1.165, 1.54) is 18.3 Å². The number of ether oxygens (including phenoxy) is 1. The minimum atomic E-state index is -4.54. The van der Waals surface area contributed by atoms with Crippen LogP contribution in [0.3, 0.4) is 0 Å². The van der Waals surface area contributed by atoms with E-state index in [9.17, 15) is 27.2 Å². The van der Waals surface area contributed by atoms with Crippen molar-refractivity contribution in [3.05, 3.63) is 51.9 Å². The zero-order valence-electron chi connectivity index (χ0n) is 21.4. The first kappa shape index (κ1) is 29.2. The van der Waals surface area contributed by atoms with Gasteiger partial charge >= 0.3 is 6.18 Å².